The largest absolute Gasteiger partial charge is 0.349 e. The van der Waals surface area contributed by atoms with Gasteiger partial charge in [0, 0.05) is 37.1 Å². The number of carbonyl (C=O) groups excluding carboxylic acids is 1. The molecule has 1 saturated carbocycles. The van der Waals surface area contributed by atoms with Gasteiger partial charge in [-0.05, 0) is 44.1 Å². The van der Waals surface area contributed by atoms with Crippen molar-refractivity contribution in [3.63, 3.8) is 0 Å². The molecule has 2 aromatic heterocycles. The van der Waals surface area contributed by atoms with Crippen molar-refractivity contribution in [1.82, 2.24) is 20.0 Å². The number of alkyl halides is 2. The summed E-state index contributed by atoms with van der Waals surface area (Å²) >= 11 is 1.51. The highest BCUT2D eigenvalue weighted by Gasteiger charge is 2.36. The number of aryl methyl sites for hydroxylation is 1. The minimum Gasteiger partial charge on any atom is -0.349 e. The molecule has 0 unspecified atom stereocenters. The first-order valence-corrected chi connectivity index (χ1v) is 11.9. The minimum atomic E-state index is -2.69. The molecule has 3 heterocycles. The molecular weight excluding hydrogens is 422 g/mol. The van der Waals surface area contributed by atoms with Gasteiger partial charge in [-0.1, -0.05) is 20.8 Å². The maximum atomic E-state index is 12.9. The van der Waals surface area contributed by atoms with E-state index in [1.165, 1.54) is 11.3 Å². The number of nitrogens with zero attached hydrogens (tertiary/aromatic N) is 3. The average molecular weight is 455 g/mol. The lowest BCUT2D eigenvalue weighted by atomic mass is 9.88. The Morgan fingerprint density at radius 3 is 2.58 bits per heavy atom. The number of hydrogen-bond acceptors (Lipinski definition) is 5. The van der Waals surface area contributed by atoms with E-state index in [4.69, 9.17) is 0 Å². The number of aromatic nitrogens is 2. The van der Waals surface area contributed by atoms with Crippen molar-refractivity contribution in [3.8, 4) is 0 Å². The van der Waals surface area contributed by atoms with Crippen LogP contribution in [0.15, 0.2) is 6.07 Å². The Bertz CT molecular complexity index is 922. The molecule has 172 valence electrons. The fraction of sp³-hybridized carbons (Fsp3) is 0.727. The minimum absolute atomic E-state index is 0.0132. The van der Waals surface area contributed by atoms with Crippen LogP contribution in [-0.4, -0.2) is 58.5 Å². The molecule has 6 nitrogen and oxygen atoms in total. The third-order valence-electron chi connectivity index (χ3n) is 6.18. The molecular formula is C22H32F2N4O2S. The summed E-state index contributed by atoms with van der Waals surface area (Å²) in [7, 11) is 0. The fourth-order valence-corrected chi connectivity index (χ4v) is 5.69. The molecule has 2 aromatic rings. The van der Waals surface area contributed by atoms with Crippen LogP contribution in [0.3, 0.4) is 0 Å². The molecule has 0 atom stereocenters. The lowest BCUT2D eigenvalue weighted by Gasteiger charge is -2.46. The molecule has 0 bridgehead atoms. The Balaban J connectivity index is 1.30. The first-order chi connectivity index (χ1) is 14.6. The third kappa shape index (κ3) is 5.26. The van der Waals surface area contributed by atoms with Crippen molar-refractivity contribution >= 4 is 27.5 Å². The monoisotopic (exact) mass is 454 g/mol. The van der Waals surface area contributed by atoms with Gasteiger partial charge in [0.15, 0.2) is 0 Å². The van der Waals surface area contributed by atoms with E-state index in [0.717, 1.165) is 53.0 Å². The lowest BCUT2D eigenvalue weighted by Crippen LogP contribution is -2.58. The molecule has 0 radical (unpaired) electrons. The summed E-state index contributed by atoms with van der Waals surface area (Å²) in [6.45, 7) is 7.82. The standard InChI is InChI=1S/C22H32F2N4O2S/c1-13-17-9-18(31-20(17)28(26-13)12-22(2,3)4)19(29)25-14-5-7-15(8-6-14)27-10-16(11-27)30-21(23)24/h9,14-16,21H,5-8,10-12H2,1-4H3,(H,25,29). The van der Waals surface area contributed by atoms with E-state index in [0.29, 0.717) is 19.1 Å². The summed E-state index contributed by atoms with van der Waals surface area (Å²) in [5.74, 6) is -0.0132. The number of rotatable bonds is 6. The van der Waals surface area contributed by atoms with Gasteiger partial charge in [-0.15, -0.1) is 11.3 Å². The predicted octanol–water partition coefficient (Wildman–Crippen LogP) is 4.42. The molecule has 2 fully saturated rings. The number of carbonyl (C=O) groups is 1. The van der Waals surface area contributed by atoms with Crippen LogP contribution in [0.2, 0.25) is 0 Å². The third-order valence-corrected chi connectivity index (χ3v) is 7.32. The van der Waals surface area contributed by atoms with Crippen LogP contribution in [0, 0.1) is 12.3 Å². The maximum Gasteiger partial charge on any atom is 0.345 e. The van der Waals surface area contributed by atoms with Crippen LogP contribution in [0.4, 0.5) is 8.78 Å². The van der Waals surface area contributed by atoms with Gasteiger partial charge in [0.25, 0.3) is 5.91 Å². The van der Waals surface area contributed by atoms with Crippen molar-refractivity contribution in [2.45, 2.75) is 84.7 Å². The highest BCUT2D eigenvalue weighted by molar-refractivity contribution is 7.20. The van der Waals surface area contributed by atoms with Crippen LogP contribution < -0.4 is 5.32 Å². The molecule has 1 N–H and O–H groups in total. The smallest absolute Gasteiger partial charge is 0.345 e. The Kier molecular flexibility index (Phi) is 6.38. The van der Waals surface area contributed by atoms with Crippen molar-refractivity contribution in [3.05, 3.63) is 16.6 Å². The summed E-state index contributed by atoms with van der Waals surface area (Å²) in [6.07, 6.45) is 3.42. The number of halogens is 2. The number of amides is 1. The molecule has 4 rings (SSSR count). The zero-order chi connectivity index (χ0) is 22.3. The number of hydrogen-bond donors (Lipinski definition) is 1. The summed E-state index contributed by atoms with van der Waals surface area (Å²) in [5.41, 5.74) is 1.07. The van der Waals surface area contributed by atoms with E-state index in [-0.39, 0.29) is 23.5 Å². The van der Waals surface area contributed by atoms with Crippen LogP contribution in [0.25, 0.3) is 10.2 Å². The van der Waals surface area contributed by atoms with E-state index in [1.807, 2.05) is 17.7 Å². The second-order valence-electron chi connectivity index (χ2n) is 10.1. The number of nitrogens with one attached hydrogen (secondary N) is 1. The van der Waals surface area contributed by atoms with Crippen LogP contribution >= 0.6 is 11.3 Å². The molecule has 1 amide bonds. The van der Waals surface area contributed by atoms with Gasteiger partial charge >= 0.3 is 6.61 Å². The van der Waals surface area contributed by atoms with Gasteiger partial charge < -0.3 is 10.1 Å². The van der Waals surface area contributed by atoms with E-state index < -0.39 is 6.61 Å². The summed E-state index contributed by atoms with van der Waals surface area (Å²) < 4.78 is 31.1. The van der Waals surface area contributed by atoms with Gasteiger partial charge in [-0.2, -0.15) is 13.9 Å². The number of likely N-dealkylation sites (tertiary alicyclic amines) is 1. The van der Waals surface area contributed by atoms with Crippen LogP contribution in [0.5, 0.6) is 0 Å². The van der Waals surface area contributed by atoms with Gasteiger partial charge in [0.1, 0.15) is 4.83 Å². The molecule has 0 aromatic carbocycles. The Morgan fingerprint density at radius 1 is 1.29 bits per heavy atom. The molecule has 1 aliphatic carbocycles. The normalized spacial score (nSPS) is 23.5. The number of ether oxygens (including phenoxy) is 1. The zero-order valence-corrected chi connectivity index (χ0v) is 19.5. The molecule has 0 spiro atoms. The predicted molar refractivity (Wildman–Crippen MR) is 118 cm³/mol. The second kappa shape index (κ2) is 8.75. The van der Waals surface area contributed by atoms with E-state index in [9.17, 15) is 13.6 Å². The maximum absolute atomic E-state index is 12.9. The van der Waals surface area contributed by atoms with Crippen molar-refractivity contribution in [2.75, 3.05) is 13.1 Å². The van der Waals surface area contributed by atoms with Gasteiger partial charge in [-0.3, -0.25) is 14.4 Å². The molecule has 9 heteroatoms. The summed E-state index contributed by atoms with van der Waals surface area (Å²) in [4.78, 5) is 16.9. The van der Waals surface area contributed by atoms with Crippen LogP contribution in [0.1, 0.15) is 61.8 Å². The summed E-state index contributed by atoms with van der Waals surface area (Å²) in [6, 6.07) is 2.53. The second-order valence-corrected chi connectivity index (χ2v) is 11.1. The number of thiophene rings is 1. The zero-order valence-electron chi connectivity index (χ0n) is 18.7. The first kappa shape index (κ1) is 22.6. The van der Waals surface area contributed by atoms with Crippen molar-refractivity contribution in [1.29, 1.82) is 0 Å². The SMILES string of the molecule is Cc1nn(CC(C)(C)C)c2sc(C(=O)NC3CCC(N4CC(OC(F)F)C4)CC3)cc12. The van der Waals surface area contributed by atoms with Gasteiger partial charge in [0.2, 0.25) is 0 Å². The Hall–Kier alpha value is -1.58. The quantitative estimate of drug-likeness (QED) is 0.702. The van der Waals surface area contributed by atoms with E-state index >= 15 is 0 Å². The lowest BCUT2D eigenvalue weighted by molar-refractivity contribution is -0.201. The molecule has 31 heavy (non-hydrogen) atoms. The highest BCUT2D eigenvalue weighted by atomic mass is 32.1. The van der Waals surface area contributed by atoms with Crippen molar-refractivity contribution < 1.29 is 18.3 Å². The fourth-order valence-electron chi connectivity index (χ4n) is 4.62. The topological polar surface area (TPSA) is 59.4 Å². The van der Waals surface area contributed by atoms with Gasteiger partial charge in [0.05, 0.1) is 16.7 Å². The average Bonchev–Trinajstić information content (AvgIpc) is 3.19. The Morgan fingerprint density at radius 2 is 1.97 bits per heavy atom. The molecule has 1 saturated heterocycles. The van der Waals surface area contributed by atoms with Gasteiger partial charge in [-0.25, -0.2) is 0 Å². The first-order valence-electron chi connectivity index (χ1n) is 11.0. The highest BCUT2D eigenvalue weighted by Crippen LogP contribution is 2.32. The van der Waals surface area contributed by atoms with Crippen molar-refractivity contribution in [2.24, 2.45) is 5.41 Å². The molecule has 1 aliphatic heterocycles. The summed E-state index contributed by atoms with van der Waals surface area (Å²) in [5, 5.41) is 8.91. The van der Waals surface area contributed by atoms with E-state index in [1.54, 1.807) is 0 Å². The van der Waals surface area contributed by atoms with E-state index in [2.05, 4.69) is 40.8 Å². The van der Waals surface area contributed by atoms with Crippen LogP contribution in [-0.2, 0) is 11.3 Å². The molecule has 2 aliphatic rings. The Labute approximate surface area is 185 Å². The number of fused-ring (bicyclic) bond motifs is 1.